The van der Waals surface area contributed by atoms with E-state index in [2.05, 4.69) is 36.1 Å². The summed E-state index contributed by atoms with van der Waals surface area (Å²) in [5, 5.41) is 8.46. The zero-order valence-corrected chi connectivity index (χ0v) is 18.1. The summed E-state index contributed by atoms with van der Waals surface area (Å²) in [4.78, 5) is 12.1. The van der Waals surface area contributed by atoms with Gasteiger partial charge in [0.05, 0.1) is 18.0 Å². The summed E-state index contributed by atoms with van der Waals surface area (Å²) in [6.45, 7) is 10.1. The molecule has 0 aliphatic heterocycles. The van der Waals surface area contributed by atoms with Crippen molar-refractivity contribution >= 4 is 30.7 Å². The molecule has 0 saturated carbocycles. The van der Waals surface area contributed by atoms with Gasteiger partial charge in [0.25, 0.3) is 0 Å². The predicted octanol–water partition coefficient (Wildman–Crippen LogP) is 5.35. The quantitative estimate of drug-likeness (QED) is 0.389. The van der Waals surface area contributed by atoms with Crippen LogP contribution in [0.1, 0.15) is 19.8 Å². The van der Waals surface area contributed by atoms with Crippen molar-refractivity contribution in [1.82, 2.24) is 9.78 Å². The van der Waals surface area contributed by atoms with Crippen LogP contribution < -0.4 is 5.32 Å². The van der Waals surface area contributed by atoms with Gasteiger partial charge in [-0.25, -0.2) is 4.68 Å². The smallest absolute Gasteiger partial charge is 0.225 e. The lowest BCUT2D eigenvalue weighted by atomic mass is 10.1. The summed E-state index contributed by atoms with van der Waals surface area (Å²) in [5.41, 5.74) is 2.97. The third kappa shape index (κ3) is 5.11. The van der Waals surface area contributed by atoms with E-state index in [-0.39, 0.29) is 5.91 Å². The Morgan fingerprint density at radius 3 is 2.75 bits per heavy atom. The summed E-state index contributed by atoms with van der Waals surface area (Å²) < 4.78 is 12.9. The highest BCUT2D eigenvalue weighted by atomic mass is 28.3. The number of nitrogens with zero attached hydrogens (tertiary/aromatic N) is 2. The zero-order valence-electron chi connectivity index (χ0n) is 17.1. The SMILES string of the molecule is CCCC(=O)Nc1nn(COCC[Si](C)(C)C)c2cc(-c3ccoc3)ccc12. The van der Waals surface area contributed by atoms with E-state index in [9.17, 15) is 4.79 Å². The minimum Gasteiger partial charge on any atom is -0.472 e. The Kier molecular flexibility index (Phi) is 6.36. The Hall–Kier alpha value is -2.38. The summed E-state index contributed by atoms with van der Waals surface area (Å²) in [7, 11) is -1.14. The molecule has 2 heterocycles. The number of benzene rings is 1. The van der Waals surface area contributed by atoms with E-state index in [1.807, 2.05) is 29.8 Å². The predicted molar refractivity (Wildman–Crippen MR) is 115 cm³/mol. The molecule has 0 aliphatic carbocycles. The first-order valence-corrected chi connectivity index (χ1v) is 13.5. The molecule has 0 unspecified atom stereocenters. The van der Waals surface area contributed by atoms with Crippen LogP contribution in [-0.4, -0.2) is 30.4 Å². The van der Waals surface area contributed by atoms with Crippen LogP contribution in [0, 0.1) is 0 Å². The molecule has 3 rings (SSSR count). The maximum atomic E-state index is 12.1. The van der Waals surface area contributed by atoms with E-state index >= 15 is 0 Å². The van der Waals surface area contributed by atoms with E-state index in [0.717, 1.165) is 41.1 Å². The summed E-state index contributed by atoms with van der Waals surface area (Å²) in [5.74, 6) is 0.564. The van der Waals surface area contributed by atoms with Crippen molar-refractivity contribution in [2.45, 2.75) is 52.2 Å². The van der Waals surface area contributed by atoms with Crippen LogP contribution >= 0.6 is 0 Å². The minimum atomic E-state index is -1.14. The summed E-state index contributed by atoms with van der Waals surface area (Å²) >= 11 is 0. The molecule has 3 aromatic rings. The van der Waals surface area contributed by atoms with E-state index < -0.39 is 8.07 Å². The van der Waals surface area contributed by atoms with Crippen LogP contribution in [0.4, 0.5) is 5.82 Å². The fourth-order valence-corrected chi connectivity index (χ4v) is 3.68. The van der Waals surface area contributed by atoms with Gasteiger partial charge in [-0.05, 0) is 36.2 Å². The Balaban J connectivity index is 1.87. The molecule has 0 aliphatic rings. The second kappa shape index (κ2) is 8.75. The Morgan fingerprint density at radius 2 is 2.07 bits per heavy atom. The molecule has 1 N–H and O–H groups in total. The lowest BCUT2D eigenvalue weighted by molar-refractivity contribution is -0.116. The molecular formula is C21H29N3O3Si. The molecule has 7 heteroatoms. The van der Waals surface area contributed by atoms with Gasteiger partial charge in [0.1, 0.15) is 6.73 Å². The lowest BCUT2D eigenvalue weighted by Crippen LogP contribution is -2.22. The highest BCUT2D eigenvalue weighted by molar-refractivity contribution is 6.76. The first kappa shape index (κ1) is 20.4. The van der Waals surface area contributed by atoms with Crippen molar-refractivity contribution in [3.05, 3.63) is 36.8 Å². The number of fused-ring (bicyclic) bond motifs is 1. The number of aromatic nitrogens is 2. The molecular weight excluding hydrogens is 370 g/mol. The van der Waals surface area contributed by atoms with Crippen molar-refractivity contribution in [1.29, 1.82) is 0 Å². The van der Waals surface area contributed by atoms with Gasteiger partial charge in [0.2, 0.25) is 5.91 Å². The average Bonchev–Trinajstić information content (AvgIpc) is 3.27. The Bertz CT molecular complexity index is 926. The number of furan rings is 1. The standard InChI is InChI=1S/C21H29N3O3Si/c1-5-6-20(25)22-21-18-8-7-16(17-9-10-26-14-17)13-19(18)24(23-21)15-27-11-12-28(2,3)4/h7-10,13-14H,5-6,11-12,15H2,1-4H3,(H,22,23,25). The van der Waals surface area contributed by atoms with Crippen LogP contribution in [0.2, 0.25) is 25.7 Å². The van der Waals surface area contributed by atoms with Crippen LogP contribution in [0.3, 0.4) is 0 Å². The van der Waals surface area contributed by atoms with Gasteiger partial charge in [-0.15, -0.1) is 0 Å². The van der Waals surface area contributed by atoms with Crippen molar-refractivity contribution < 1.29 is 13.9 Å². The number of amides is 1. The highest BCUT2D eigenvalue weighted by Gasteiger charge is 2.16. The van der Waals surface area contributed by atoms with Crippen LogP contribution in [0.25, 0.3) is 22.0 Å². The molecule has 0 fully saturated rings. The normalized spacial score (nSPS) is 11.9. The molecule has 2 aromatic heterocycles. The third-order valence-corrected chi connectivity index (χ3v) is 6.26. The maximum Gasteiger partial charge on any atom is 0.225 e. The average molecular weight is 400 g/mol. The number of carbonyl (C=O) groups is 1. The maximum absolute atomic E-state index is 12.1. The largest absolute Gasteiger partial charge is 0.472 e. The van der Waals surface area contributed by atoms with Gasteiger partial charge in [0, 0.05) is 32.1 Å². The van der Waals surface area contributed by atoms with E-state index in [1.165, 1.54) is 0 Å². The first-order valence-electron chi connectivity index (χ1n) is 9.78. The lowest BCUT2D eigenvalue weighted by Gasteiger charge is -2.15. The summed E-state index contributed by atoms with van der Waals surface area (Å²) in [6.07, 6.45) is 4.66. The number of nitrogens with one attached hydrogen (secondary N) is 1. The monoisotopic (exact) mass is 399 g/mol. The van der Waals surface area contributed by atoms with E-state index in [4.69, 9.17) is 9.15 Å². The first-order chi connectivity index (χ1) is 13.4. The molecule has 1 amide bonds. The number of carbonyl (C=O) groups excluding carboxylic acids is 1. The number of anilines is 1. The van der Waals surface area contributed by atoms with Gasteiger partial charge < -0.3 is 14.5 Å². The van der Waals surface area contributed by atoms with Crippen LogP contribution in [0.5, 0.6) is 0 Å². The summed E-state index contributed by atoms with van der Waals surface area (Å²) in [6, 6.07) is 9.10. The fourth-order valence-electron chi connectivity index (χ4n) is 2.92. The molecule has 1 aromatic carbocycles. The number of ether oxygens (including phenoxy) is 1. The second-order valence-corrected chi connectivity index (χ2v) is 13.9. The molecule has 0 radical (unpaired) electrons. The number of hydrogen-bond acceptors (Lipinski definition) is 4. The van der Waals surface area contributed by atoms with Crippen molar-refractivity contribution in [3.63, 3.8) is 0 Å². The van der Waals surface area contributed by atoms with E-state index in [0.29, 0.717) is 19.0 Å². The van der Waals surface area contributed by atoms with Crippen molar-refractivity contribution in [2.75, 3.05) is 11.9 Å². The molecule has 28 heavy (non-hydrogen) atoms. The molecule has 0 saturated heterocycles. The van der Waals surface area contributed by atoms with Gasteiger partial charge in [0.15, 0.2) is 5.82 Å². The molecule has 0 bridgehead atoms. The molecule has 150 valence electrons. The van der Waals surface area contributed by atoms with Crippen molar-refractivity contribution in [2.24, 2.45) is 0 Å². The fraction of sp³-hybridized carbons (Fsp3) is 0.429. The highest BCUT2D eigenvalue weighted by Crippen LogP contribution is 2.29. The van der Waals surface area contributed by atoms with Crippen LogP contribution in [-0.2, 0) is 16.3 Å². The van der Waals surface area contributed by atoms with Crippen molar-refractivity contribution in [3.8, 4) is 11.1 Å². The topological polar surface area (TPSA) is 69.3 Å². The minimum absolute atomic E-state index is 0.0207. The zero-order chi connectivity index (χ0) is 20.1. The van der Waals surface area contributed by atoms with Crippen LogP contribution in [0.15, 0.2) is 41.2 Å². The van der Waals surface area contributed by atoms with Gasteiger partial charge >= 0.3 is 0 Å². The van der Waals surface area contributed by atoms with Gasteiger partial charge in [-0.1, -0.05) is 32.6 Å². The molecule has 0 atom stereocenters. The Morgan fingerprint density at radius 1 is 1.25 bits per heavy atom. The molecule has 0 spiro atoms. The van der Waals surface area contributed by atoms with Gasteiger partial charge in [-0.2, -0.15) is 5.10 Å². The Labute approximate surface area is 166 Å². The van der Waals surface area contributed by atoms with Gasteiger partial charge in [-0.3, -0.25) is 4.79 Å². The number of rotatable bonds is 9. The van der Waals surface area contributed by atoms with E-state index in [1.54, 1.807) is 12.5 Å². The second-order valence-electron chi connectivity index (χ2n) is 8.24. The molecule has 6 nitrogen and oxygen atoms in total. The number of hydrogen-bond donors (Lipinski definition) is 1. The third-order valence-electron chi connectivity index (χ3n) is 4.55.